The first-order valence-corrected chi connectivity index (χ1v) is 12.7. The van der Waals surface area contributed by atoms with Gasteiger partial charge in [-0.05, 0) is 38.0 Å². The van der Waals surface area contributed by atoms with E-state index in [0.717, 1.165) is 22.6 Å². The van der Waals surface area contributed by atoms with E-state index < -0.39 is 9.84 Å². The highest BCUT2D eigenvalue weighted by atomic mass is 32.2. The number of sulfone groups is 1. The second-order valence-electron chi connectivity index (χ2n) is 7.13. The quantitative estimate of drug-likeness (QED) is 0.364. The molecule has 1 amide bonds. The fraction of sp³-hybridized carbons (Fsp3) is 0.318. The van der Waals surface area contributed by atoms with E-state index in [1.165, 1.54) is 11.8 Å². The molecule has 164 valence electrons. The molecule has 31 heavy (non-hydrogen) atoms. The van der Waals surface area contributed by atoms with Crippen LogP contribution >= 0.6 is 11.8 Å². The van der Waals surface area contributed by atoms with Crippen molar-refractivity contribution in [2.75, 3.05) is 12.3 Å². The average molecular weight is 460 g/mol. The van der Waals surface area contributed by atoms with Crippen molar-refractivity contribution in [3.05, 3.63) is 76.8 Å². The number of pyridine rings is 1. The molecule has 1 N–H and O–H groups in total. The Balaban J connectivity index is 1.51. The van der Waals surface area contributed by atoms with Crippen molar-refractivity contribution >= 4 is 27.5 Å². The van der Waals surface area contributed by atoms with Crippen LogP contribution in [0.3, 0.4) is 0 Å². The van der Waals surface area contributed by atoms with Crippen LogP contribution in [0, 0.1) is 13.8 Å². The highest BCUT2D eigenvalue weighted by molar-refractivity contribution is 7.98. The molecular weight excluding hydrogens is 434 g/mol. The first-order valence-electron chi connectivity index (χ1n) is 9.88. The van der Waals surface area contributed by atoms with Crippen LogP contribution in [0.1, 0.15) is 39.4 Å². The van der Waals surface area contributed by atoms with E-state index in [0.29, 0.717) is 22.8 Å². The number of carbonyl (C=O) groups excluding carboxylic acids is 1. The summed E-state index contributed by atoms with van der Waals surface area (Å²) in [6, 6.07) is 12.5. The molecule has 0 unspecified atom stereocenters. The predicted octanol–water partition coefficient (Wildman–Crippen LogP) is 3.71. The first-order chi connectivity index (χ1) is 14.9. The molecule has 2 aromatic heterocycles. The standard InChI is InChI=1S/C22H25N3O4S2/c1-16-20(17(2)29-25-16)14-30-22-19(10-6-11-24-22)21(26)23-12-7-13-31(27,28)15-18-8-4-3-5-9-18/h3-6,8-11H,7,12-15H2,1-2H3,(H,23,26). The Labute approximate surface area is 186 Å². The molecule has 7 nitrogen and oxygen atoms in total. The van der Waals surface area contributed by atoms with E-state index in [1.807, 2.05) is 32.0 Å². The molecule has 0 aliphatic rings. The third-order valence-electron chi connectivity index (χ3n) is 4.70. The van der Waals surface area contributed by atoms with Crippen LogP contribution in [-0.2, 0) is 21.3 Å². The lowest BCUT2D eigenvalue weighted by Crippen LogP contribution is -2.26. The van der Waals surface area contributed by atoms with E-state index in [9.17, 15) is 13.2 Å². The highest BCUT2D eigenvalue weighted by Crippen LogP contribution is 2.27. The Morgan fingerprint density at radius 2 is 1.90 bits per heavy atom. The second-order valence-corrected chi connectivity index (χ2v) is 10.3. The van der Waals surface area contributed by atoms with Crippen molar-refractivity contribution in [3.8, 4) is 0 Å². The molecule has 2 heterocycles. The molecule has 0 saturated carbocycles. The lowest BCUT2D eigenvalue weighted by atomic mass is 10.2. The predicted molar refractivity (Wildman–Crippen MR) is 121 cm³/mol. The van der Waals surface area contributed by atoms with Gasteiger partial charge in [0.05, 0.1) is 22.8 Å². The zero-order valence-corrected chi connectivity index (χ0v) is 19.1. The molecule has 3 aromatic rings. The van der Waals surface area contributed by atoms with Crippen molar-refractivity contribution in [3.63, 3.8) is 0 Å². The Kier molecular flexibility index (Phi) is 7.86. The van der Waals surface area contributed by atoms with Gasteiger partial charge in [-0.25, -0.2) is 13.4 Å². The largest absolute Gasteiger partial charge is 0.361 e. The SMILES string of the molecule is Cc1noc(C)c1CSc1ncccc1C(=O)NCCCS(=O)(=O)Cc1ccccc1. The molecule has 0 saturated heterocycles. The van der Waals surface area contributed by atoms with Gasteiger partial charge in [0.15, 0.2) is 9.84 Å². The van der Waals surface area contributed by atoms with Crippen molar-refractivity contribution in [2.24, 2.45) is 0 Å². The van der Waals surface area contributed by atoms with E-state index in [2.05, 4.69) is 15.5 Å². The summed E-state index contributed by atoms with van der Waals surface area (Å²) in [5.74, 6) is 1.10. The summed E-state index contributed by atoms with van der Waals surface area (Å²) >= 11 is 1.44. The van der Waals surface area contributed by atoms with Crippen molar-refractivity contribution in [1.82, 2.24) is 15.5 Å². The van der Waals surface area contributed by atoms with Gasteiger partial charge in [-0.2, -0.15) is 0 Å². The Morgan fingerprint density at radius 1 is 1.13 bits per heavy atom. The van der Waals surface area contributed by atoms with Gasteiger partial charge in [-0.3, -0.25) is 4.79 Å². The average Bonchev–Trinajstić information content (AvgIpc) is 3.07. The molecule has 0 atom stereocenters. The van der Waals surface area contributed by atoms with Crippen molar-refractivity contribution in [1.29, 1.82) is 0 Å². The zero-order valence-electron chi connectivity index (χ0n) is 17.5. The van der Waals surface area contributed by atoms with Crippen LogP contribution in [0.5, 0.6) is 0 Å². The topological polar surface area (TPSA) is 102 Å². The molecular formula is C22H25N3O4S2. The molecule has 1 aromatic carbocycles. The molecule has 0 aliphatic heterocycles. The number of aromatic nitrogens is 2. The minimum Gasteiger partial charge on any atom is -0.361 e. The second kappa shape index (κ2) is 10.6. The summed E-state index contributed by atoms with van der Waals surface area (Å²) in [4.78, 5) is 17.0. The number of amides is 1. The number of rotatable bonds is 10. The van der Waals surface area contributed by atoms with Gasteiger partial charge in [0, 0.05) is 24.1 Å². The van der Waals surface area contributed by atoms with Crippen molar-refractivity contribution < 1.29 is 17.7 Å². The number of nitrogens with one attached hydrogen (secondary N) is 1. The summed E-state index contributed by atoms with van der Waals surface area (Å²) in [5, 5.41) is 7.36. The zero-order chi connectivity index (χ0) is 22.3. The van der Waals surface area contributed by atoms with Gasteiger partial charge in [0.1, 0.15) is 10.8 Å². The first kappa shape index (κ1) is 23.0. The summed E-state index contributed by atoms with van der Waals surface area (Å²) in [6.07, 6.45) is 1.99. The van der Waals surface area contributed by atoms with Crippen LogP contribution in [0.25, 0.3) is 0 Å². The van der Waals surface area contributed by atoms with Crippen LogP contribution in [0.2, 0.25) is 0 Å². The fourth-order valence-corrected chi connectivity index (χ4v) is 5.59. The van der Waals surface area contributed by atoms with E-state index in [1.54, 1.807) is 30.5 Å². The summed E-state index contributed by atoms with van der Waals surface area (Å²) in [5.41, 5.74) is 3.04. The minimum atomic E-state index is -3.23. The molecule has 3 rings (SSSR count). The number of hydrogen-bond acceptors (Lipinski definition) is 7. The third kappa shape index (κ3) is 6.67. The van der Waals surface area contributed by atoms with Gasteiger partial charge in [0.2, 0.25) is 0 Å². The van der Waals surface area contributed by atoms with E-state index in [-0.39, 0.29) is 24.0 Å². The summed E-state index contributed by atoms with van der Waals surface area (Å²) in [6.45, 7) is 4.01. The Bertz CT molecular complexity index is 1110. The molecule has 0 fully saturated rings. The maximum atomic E-state index is 12.6. The number of nitrogens with zero attached hydrogens (tertiary/aromatic N) is 2. The Hall–Kier alpha value is -2.65. The third-order valence-corrected chi connectivity index (χ3v) is 7.41. The molecule has 0 aliphatic carbocycles. The lowest BCUT2D eigenvalue weighted by Gasteiger charge is -2.09. The maximum absolute atomic E-state index is 12.6. The van der Waals surface area contributed by atoms with E-state index >= 15 is 0 Å². The number of aryl methyl sites for hydroxylation is 2. The molecule has 9 heteroatoms. The van der Waals surface area contributed by atoms with Crippen molar-refractivity contribution in [2.45, 2.75) is 36.8 Å². The fourth-order valence-electron chi connectivity index (χ4n) is 3.02. The number of carbonyl (C=O) groups is 1. The van der Waals surface area contributed by atoms with Gasteiger partial charge in [-0.15, -0.1) is 11.8 Å². The Morgan fingerprint density at radius 3 is 2.61 bits per heavy atom. The summed E-state index contributed by atoms with van der Waals surface area (Å²) in [7, 11) is -3.23. The van der Waals surface area contributed by atoms with Gasteiger partial charge in [-0.1, -0.05) is 35.5 Å². The van der Waals surface area contributed by atoms with Gasteiger partial charge < -0.3 is 9.84 Å². The van der Waals surface area contributed by atoms with E-state index in [4.69, 9.17) is 4.52 Å². The number of hydrogen-bond donors (Lipinski definition) is 1. The maximum Gasteiger partial charge on any atom is 0.254 e. The molecule has 0 spiro atoms. The van der Waals surface area contributed by atoms with Gasteiger partial charge >= 0.3 is 0 Å². The minimum absolute atomic E-state index is 0.00683. The van der Waals surface area contributed by atoms with Gasteiger partial charge in [0.25, 0.3) is 5.91 Å². The van der Waals surface area contributed by atoms with Crippen LogP contribution in [0.15, 0.2) is 58.2 Å². The normalized spacial score (nSPS) is 11.4. The monoisotopic (exact) mass is 459 g/mol. The van der Waals surface area contributed by atoms with Crippen LogP contribution < -0.4 is 5.32 Å². The number of benzene rings is 1. The molecule has 0 radical (unpaired) electrons. The smallest absolute Gasteiger partial charge is 0.254 e. The van der Waals surface area contributed by atoms with Crippen LogP contribution in [-0.4, -0.2) is 36.8 Å². The van der Waals surface area contributed by atoms with Crippen LogP contribution in [0.4, 0.5) is 0 Å². The summed E-state index contributed by atoms with van der Waals surface area (Å²) < 4.78 is 29.7. The highest BCUT2D eigenvalue weighted by Gasteiger charge is 2.16. The lowest BCUT2D eigenvalue weighted by molar-refractivity contribution is 0.0950. The number of thioether (sulfide) groups is 1. The molecule has 0 bridgehead atoms.